The first-order valence-corrected chi connectivity index (χ1v) is 9.61. The molecular weight excluding hydrogens is 392 g/mol. The van der Waals surface area contributed by atoms with Crippen LogP contribution in [0, 0.1) is 11.7 Å². The first-order chi connectivity index (χ1) is 13.7. The lowest BCUT2D eigenvalue weighted by Gasteiger charge is -2.49. The summed E-state index contributed by atoms with van der Waals surface area (Å²) in [6.07, 6.45) is -3.19. The highest BCUT2D eigenvalue weighted by Gasteiger charge is 2.50. The Hall–Kier alpha value is -2.52. The van der Waals surface area contributed by atoms with E-state index in [-0.39, 0.29) is 35.5 Å². The maximum Gasteiger partial charge on any atom is 0.416 e. The topological polar surface area (TPSA) is 64.7 Å². The number of carbonyl (C=O) groups excluding carboxylic acids is 2. The van der Waals surface area contributed by atoms with Crippen LogP contribution in [0.4, 0.5) is 27.2 Å². The van der Waals surface area contributed by atoms with Crippen LogP contribution >= 0.6 is 0 Å². The largest absolute Gasteiger partial charge is 0.416 e. The Morgan fingerprint density at radius 2 is 1.86 bits per heavy atom. The molecule has 3 saturated heterocycles. The lowest BCUT2D eigenvalue weighted by molar-refractivity contribution is -0.138. The molecule has 1 aromatic rings. The maximum atomic E-state index is 13.3. The van der Waals surface area contributed by atoms with E-state index in [4.69, 9.17) is 0 Å². The molecule has 29 heavy (non-hydrogen) atoms. The van der Waals surface area contributed by atoms with Crippen molar-refractivity contribution in [3.8, 4) is 0 Å². The number of alkyl halides is 3. The Bertz CT molecular complexity index is 815. The van der Waals surface area contributed by atoms with E-state index in [1.165, 1.54) is 6.07 Å². The van der Waals surface area contributed by atoms with Crippen LogP contribution in [0.1, 0.15) is 24.0 Å². The molecular formula is C19H22F4N4O2. The Kier molecular flexibility index (Phi) is 4.82. The number of nitrogens with one attached hydrogen (secondary N) is 2. The lowest BCUT2D eigenvalue weighted by atomic mass is 9.88. The molecule has 4 rings (SSSR count). The fraction of sp³-hybridized carbons (Fsp3) is 0.579. The minimum atomic E-state index is -4.59. The van der Waals surface area contributed by atoms with E-state index >= 15 is 0 Å². The van der Waals surface area contributed by atoms with Crippen molar-refractivity contribution in [2.75, 3.05) is 32.7 Å². The summed E-state index contributed by atoms with van der Waals surface area (Å²) in [6.45, 7) is 2.35. The molecule has 0 aliphatic carbocycles. The van der Waals surface area contributed by atoms with Gasteiger partial charge in [-0.05, 0) is 42.9 Å². The highest BCUT2D eigenvalue weighted by atomic mass is 19.4. The smallest absolute Gasteiger partial charge is 0.336 e. The Balaban J connectivity index is 1.30. The van der Waals surface area contributed by atoms with E-state index in [0.29, 0.717) is 51.6 Å². The van der Waals surface area contributed by atoms with Gasteiger partial charge in [0.05, 0.1) is 11.1 Å². The zero-order valence-corrected chi connectivity index (χ0v) is 15.7. The van der Waals surface area contributed by atoms with Crippen molar-refractivity contribution >= 4 is 12.1 Å². The van der Waals surface area contributed by atoms with Gasteiger partial charge in [0, 0.05) is 32.7 Å². The summed E-state index contributed by atoms with van der Waals surface area (Å²) < 4.78 is 52.8. The molecule has 0 saturated carbocycles. The number of carbonyl (C=O) groups is 2. The van der Waals surface area contributed by atoms with Gasteiger partial charge in [0.15, 0.2) is 0 Å². The van der Waals surface area contributed by atoms with Crippen LogP contribution in [0.2, 0.25) is 0 Å². The van der Waals surface area contributed by atoms with Crippen LogP contribution in [-0.2, 0) is 12.6 Å². The van der Waals surface area contributed by atoms with Gasteiger partial charge in [-0.25, -0.2) is 14.0 Å². The first kappa shape index (κ1) is 19.8. The lowest BCUT2D eigenvalue weighted by Crippen LogP contribution is -2.71. The van der Waals surface area contributed by atoms with E-state index in [2.05, 4.69) is 10.6 Å². The van der Waals surface area contributed by atoms with Gasteiger partial charge >= 0.3 is 18.2 Å². The number of benzene rings is 1. The second-order valence-corrected chi connectivity index (χ2v) is 8.16. The van der Waals surface area contributed by atoms with Gasteiger partial charge in [-0.2, -0.15) is 13.2 Å². The van der Waals surface area contributed by atoms with E-state index in [0.717, 1.165) is 6.07 Å². The third-order valence-electron chi connectivity index (χ3n) is 5.99. The van der Waals surface area contributed by atoms with Crippen molar-refractivity contribution in [3.63, 3.8) is 0 Å². The van der Waals surface area contributed by atoms with E-state index in [1.54, 1.807) is 9.80 Å². The number of rotatable bonds is 2. The van der Waals surface area contributed by atoms with Crippen molar-refractivity contribution in [2.24, 2.45) is 5.92 Å². The zero-order valence-electron chi connectivity index (χ0n) is 15.7. The molecule has 1 aromatic carbocycles. The van der Waals surface area contributed by atoms with Crippen molar-refractivity contribution < 1.29 is 27.2 Å². The molecule has 6 nitrogen and oxygen atoms in total. The molecule has 3 aliphatic rings. The molecule has 0 aromatic heterocycles. The van der Waals surface area contributed by atoms with Crippen LogP contribution in [-0.4, -0.2) is 60.1 Å². The summed E-state index contributed by atoms with van der Waals surface area (Å²) >= 11 is 0. The average molecular weight is 414 g/mol. The quantitative estimate of drug-likeness (QED) is 0.731. The monoisotopic (exact) mass is 414 g/mol. The molecule has 0 radical (unpaired) electrons. The number of likely N-dealkylation sites (tertiary alicyclic amines) is 2. The van der Waals surface area contributed by atoms with Crippen molar-refractivity contribution in [1.82, 2.24) is 20.4 Å². The van der Waals surface area contributed by atoms with Crippen LogP contribution < -0.4 is 10.6 Å². The average Bonchev–Trinajstić information content (AvgIpc) is 3.03. The van der Waals surface area contributed by atoms with Crippen LogP contribution in [0.25, 0.3) is 0 Å². The maximum absolute atomic E-state index is 13.3. The third kappa shape index (κ3) is 3.97. The SMILES string of the molecule is O=C1NCC2(CN(C(=O)N3CCC(Cc4ccc(F)cc4C(F)(F)F)CC3)C2)N1. The Morgan fingerprint density at radius 3 is 2.45 bits per heavy atom. The van der Waals surface area contributed by atoms with Gasteiger partial charge in [-0.15, -0.1) is 0 Å². The number of halogens is 4. The summed E-state index contributed by atoms with van der Waals surface area (Å²) in [7, 11) is 0. The first-order valence-electron chi connectivity index (χ1n) is 9.61. The Morgan fingerprint density at radius 1 is 1.17 bits per heavy atom. The predicted molar refractivity (Wildman–Crippen MR) is 95.6 cm³/mol. The second kappa shape index (κ2) is 7.07. The fourth-order valence-electron chi connectivity index (χ4n) is 4.42. The molecule has 3 heterocycles. The number of hydrogen-bond acceptors (Lipinski definition) is 2. The third-order valence-corrected chi connectivity index (χ3v) is 5.99. The molecule has 0 atom stereocenters. The molecule has 3 fully saturated rings. The number of amides is 4. The van der Waals surface area contributed by atoms with Gasteiger partial charge in [-0.1, -0.05) is 6.07 Å². The molecule has 2 N–H and O–H groups in total. The van der Waals surface area contributed by atoms with Crippen molar-refractivity contribution in [3.05, 3.63) is 35.1 Å². The number of hydrogen-bond donors (Lipinski definition) is 2. The van der Waals surface area contributed by atoms with Crippen LogP contribution in [0.3, 0.4) is 0 Å². The summed E-state index contributed by atoms with van der Waals surface area (Å²) in [5, 5.41) is 5.52. The van der Waals surface area contributed by atoms with E-state index in [9.17, 15) is 27.2 Å². The normalized spacial score (nSPS) is 21.7. The van der Waals surface area contributed by atoms with Crippen LogP contribution in [0.5, 0.6) is 0 Å². The van der Waals surface area contributed by atoms with Gasteiger partial charge in [0.2, 0.25) is 0 Å². The van der Waals surface area contributed by atoms with Crippen molar-refractivity contribution in [2.45, 2.75) is 31.0 Å². The van der Waals surface area contributed by atoms with Gasteiger partial charge in [0.1, 0.15) is 5.82 Å². The molecule has 10 heteroatoms. The molecule has 4 amide bonds. The molecule has 0 unspecified atom stereocenters. The highest BCUT2D eigenvalue weighted by molar-refractivity contribution is 5.80. The standard InChI is InChI=1S/C19H22F4N4O2/c20-14-2-1-13(15(8-14)19(21,22)23)7-12-3-5-26(6-4-12)17(29)27-10-18(11-27)9-24-16(28)25-18/h1-2,8,12H,3-7,9-11H2,(H2,24,25,28). The summed E-state index contributed by atoms with van der Waals surface area (Å²) in [5.74, 6) is -0.894. The highest BCUT2D eigenvalue weighted by Crippen LogP contribution is 2.35. The van der Waals surface area contributed by atoms with Crippen LogP contribution in [0.15, 0.2) is 18.2 Å². The number of nitrogens with zero attached hydrogens (tertiary/aromatic N) is 2. The zero-order chi connectivity index (χ0) is 20.8. The number of urea groups is 2. The fourth-order valence-corrected chi connectivity index (χ4v) is 4.42. The van der Waals surface area contributed by atoms with Gasteiger partial charge in [-0.3, -0.25) is 0 Å². The summed E-state index contributed by atoms with van der Waals surface area (Å²) in [5.41, 5.74) is -1.20. The van der Waals surface area contributed by atoms with Crippen molar-refractivity contribution in [1.29, 1.82) is 0 Å². The van der Waals surface area contributed by atoms with Gasteiger partial charge in [0.25, 0.3) is 0 Å². The second-order valence-electron chi connectivity index (χ2n) is 8.16. The summed E-state index contributed by atoms with van der Waals surface area (Å²) in [6, 6.07) is 2.48. The predicted octanol–water partition coefficient (Wildman–Crippen LogP) is 2.59. The molecule has 1 spiro atoms. The number of piperidine rings is 1. The molecule has 158 valence electrons. The summed E-state index contributed by atoms with van der Waals surface area (Å²) in [4.78, 5) is 27.3. The van der Waals surface area contributed by atoms with E-state index in [1.807, 2.05) is 0 Å². The van der Waals surface area contributed by atoms with E-state index < -0.39 is 17.6 Å². The van der Waals surface area contributed by atoms with Gasteiger partial charge < -0.3 is 20.4 Å². The minimum absolute atomic E-state index is 0.00617. The molecule has 3 aliphatic heterocycles. The molecule has 0 bridgehead atoms. The Labute approximate surface area is 165 Å². The minimum Gasteiger partial charge on any atom is -0.336 e.